The van der Waals surface area contributed by atoms with E-state index in [4.69, 9.17) is 11.6 Å². The molecule has 0 atom stereocenters. The summed E-state index contributed by atoms with van der Waals surface area (Å²) in [7, 11) is 0. The van der Waals surface area contributed by atoms with Crippen LogP contribution in [-0.2, 0) is 16.9 Å². The molecule has 16 heavy (non-hydrogen) atoms. The van der Waals surface area contributed by atoms with Crippen LogP contribution in [0, 0.1) is 0 Å². The van der Waals surface area contributed by atoms with Gasteiger partial charge < -0.3 is 4.74 Å². The van der Waals surface area contributed by atoms with Crippen molar-refractivity contribution in [3.63, 3.8) is 0 Å². The minimum atomic E-state index is -4.71. The maximum absolute atomic E-state index is 12.5. The van der Waals surface area contributed by atoms with E-state index in [1.807, 2.05) is 0 Å². The lowest BCUT2D eigenvalue weighted by molar-refractivity contribution is -0.142. The van der Waals surface area contributed by atoms with Gasteiger partial charge in [-0.3, -0.25) is 4.68 Å². The minimum absolute atomic E-state index is 0.0117. The largest absolute Gasteiger partial charge is 0.462 e. The lowest BCUT2D eigenvalue weighted by Crippen LogP contribution is -2.14. The van der Waals surface area contributed by atoms with Crippen molar-refractivity contribution in [1.29, 1.82) is 0 Å². The Bertz CT molecular complexity index is 389. The molecule has 0 saturated carbocycles. The van der Waals surface area contributed by atoms with Gasteiger partial charge in [-0.2, -0.15) is 18.3 Å². The van der Waals surface area contributed by atoms with Gasteiger partial charge in [0, 0.05) is 6.20 Å². The number of nitrogens with zero attached hydrogens (tertiary/aromatic N) is 2. The van der Waals surface area contributed by atoms with Gasteiger partial charge in [0.05, 0.1) is 6.61 Å². The second-order valence-electron chi connectivity index (χ2n) is 2.77. The van der Waals surface area contributed by atoms with Crippen molar-refractivity contribution in [1.82, 2.24) is 9.78 Å². The van der Waals surface area contributed by atoms with Crippen LogP contribution in [-0.4, -0.2) is 22.4 Å². The summed E-state index contributed by atoms with van der Waals surface area (Å²) in [5, 5.41) is 3.16. The normalized spacial score (nSPS) is 11.6. The van der Waals surface area contributed by atoms with Gasteiger partial charge in [-0.25, -0.2) is 4.79 Å². The Kier molecular flexibility index (Phi) is 3.79. The number of alkyl halides is 4. The Balaban J connectivity index is 3.15. The van der Waals surface area contributed by atoms with Gasteiger partial charge in [-0.1, -0.05) is 0 Å². The monoisotopic (exact) mass is 256 g/mol. The smallest absolute Gasteiger partial charge is 0.436 e. The van der Waals surface area contributed by atoms with Crippen LogP contribution in [0.3, 0.4) is 0 Å². The number of hydrogen-bond donors (Lipinski definition) is 0. The van der Waals surface area contributed by atoms with Crippen LogP contribution in [0.5, 0.6) is 0 Å². The molecule has 4 nitrogen and oxygen atoms in total. The van der Waals surface area contributed by atoms with Crippen LogP contribution in [0.4, 0.5) is 13.2 Å². The molecule has 1 rings (SSSR count). The van der Waals surface area contributed by atoms with Crippen LogP contribution in [0.15, 0.2) is 6.20 Å². The summed E-state index contributed by atoms with van der Waals surface area (Å²) in [4.78, 5) is 11.2. The summed E-state index contributed by atoms with van der Waals surface area (Å²) in [5.74, 6) is -1.06. The first-order valence-corrected chi connectivity index (χ1v) is 4.81. The van der Waals surface area contributed by atoms with Crippen molar-refractivity contribution in [3.8, 4) is 0 Å². The number of carbonyl (C=O) groups is 1. The van der Waals surface area contributed by atoms with Crippen molar-refractivity contribution in [2.24, 2.45) is 0 Å². The maximum Gasteiger partial charge on any atom is 0.436 e. The highest BCUT2D eigenvalue weighted by Gasteiger charge is 2.39. The fraction of sp³-hybridized carbons (Fsp3) is 0.500. The van der Waals surface area contributed by atoms with E-state index in [1.54, 1.807) is 0 Å². The molecular formula is C8H8ClF3N2O2. The van der Waals surface area contributed by atoms with Gasteiger partial charge in [0.25, 0.3) is 0 Å². The molecule has 90 valence electrons. The molecule has 0 fully saturated rings. The Morgan fingerprint density at radius 2 is 2.25 bits per heavy atom. The molecule has 0 amide bonds. The van der Waals surface area contributed by atoms with Crippen LogP contribution in [0.25, 0.3) is 0 Å². The lowest BCUT2D eigenvalue weighted by atomic mass is 10.2. The van der Waals surface area contributed by atoms with Crippen LogP contribution in [0.2, 0.25) is 0 Å². The fourth-order valence-electron chi connectivity index (χ4n) is 1.05. The number of halogens is 4. The Morgan fingerprint density at radius 1 is 1.62 bits per heavy atom. The summed E-state index contributed by atoms with van der Waals surface area (Å²) >= 11 is 5.33. The predicted octanol–water partition coefficient (Wildman–Crippen LogP) is 2.27. The summed E-state index contributed by atoms with van der Waals surface area (Å²) in [6.45, 7) is 1.49. The third kappa shape index (κ3) is 2.66. The van der Waals surface area contributed by atoms with Gasteiger partial charge in [0.15, 0.2) is 5.69 Å². The molecule has 0 aliphatic rings. The van der Waals surface area contributed by atoms with E-state index in [2.05, 4.69) is 9.84 Å². The molecule has 0 aliphatic heterocycles. The van der Waals surface area contributed by atoms with Gasteiger partial charge >= 0.3 is 12.1 Å². The zero-order valence-electron chi connectivity index (χ0n) is 8.21. The molecule has 0 spiro atoms. The van der Waals surface area contributed by atoms with E-state index in [9.17, 15) is 18.0 Å². The van der Waals surface area contributed by atoms with Crippen molar-refractivity contribution < 1.29 is 22.7 Å². The first-order valence-electron chi connectivity index (χ1n) is 4.27. The van der Waals surface area contributed by atoms with Gasteiger partial charge in [0.2, 0.25) is 0 Å². The first kappa shape index (κ1) is 12.8. The quantitative estimate of drug-likeness (QED) is 0.616. The third-order valence-electron chi connectivity index (χ3n) is 1.65. The molecule has 0 aromatic carbocycles. The number of ether oxygens (including phenoxy) is 1. The Morgan fingerprint density at radius 3 is 2.69 bits per heavy atom. The number of carbonyl (C=O) groups excluding carboxylic acids is 1. The number of hydrogen-bond acceptors (Lipinski definition) is 3. The first-order chi connectivity index (χ1) is 7.40. The fourth-order valence-corrected chi connectivity index (χ4v) is 1.17. The highest BCUT2D eigenvalue weighted by Crippen LogP contribution is 2.31. The topological polar surface area (TPSA) is 44.1 Å². The van der Waals surface area contributed by atoms with E-state index in [1.165, 1.54) is 6.92 Å². The maximum atomic E-state index is 12.5. The predicted molar refractivity (Wildman–Crippen MR) is 49.0 cm³/mol. The van der Waals surface area contributed by atoms with Crippen LogP contribution >= 0.6 is 11.6 Å². The van der Waals surface area contributed by atoms with Crippen LogP contribution < -0.4 is 0 Å². The molecule has 0 aliphatic carbocycles. The molecule has 8 heteroatoms. The standard InChI is InChI=1S/C8H8ClF3N2O2/c1-2-16-7(15)5-3-14(4-9)13-6(5)8(10,11)12/h3H,2,4H2,1H3. The van der Waals surface area contributed by atoms with E-state index in [0.29, 0.717) is 0 Å². The Labute approximate surface area is 93.9 Å². The molecule has 0 bridgehead atoms. The molecule has 1 aromatic heterocycles. The summed E-state index contributed by atoms with van der Waals surface area (Å²) in [5.41, 5.74) is -1.92. The molecule has 0 radical (unpaired) electrons. The molecule has 0 saturated heterocycles. The van der Waals surface area contributed by atoms with Crippen molar-refractivity contribution >= 4 is 17.6 Å². The van der Waals surface area contributed by atoms with E-state index < -0.39 is 23.4 Å². The summed E-state index contributed by atoms with van der Waals surface area (Å²) < 4.78 is 42.7. The molecule has 1 aromatic rings. The molecule has 0 unspecified atom stereocenters. The van der Waals surface area contributed by atoms with Crippen molar-refractivity contribution in [3.05, 3.63) is 17.5 Å². The average molecular weight is 257 g/mol. The Hall–Kier alpha value is -1.24. The number of esters is 1. The third-order valence-corrected chi connectivity index (χ3v) is 1.89. The molecule has 1 heterocycles. The summed E-state index contributed by atoms with van der Waals surface area (Å²) in [6.07, 6.45) is -3.80. The van der Waals surface area contributed by atoms with Crippen molar-refractivity contribution in [2.45, 2.75) is 19.1 Å². The average Bonchev–Trinajstić information content (AvgIpc) is 2.61. The van der Waals surface area contributed by atoms with Gasteiger partial charge in [-0.05, 0) is 6.92 Å². The van der Waals surface area contributed by atoms with E-state index in [-0.39, 0.29) is 12.6 Å². The molecular weight excluding hydrogens is 249 g/mol. The number of rotatable bonds is 3. The van der Waals surface area contributed by atoms with E-state index >= 15 is 0 Å². The van der Waals surface area contributed by atoms with Crippen molar-refractivity contribution in [2.75, 3.05) is 6.61 Å². The zero-order chi connectivity index (χ0) is 12.3. The SMILES string of the molecule is CCOC(=O)c1cn(CCl)nc1C(F)(F)F. The van der Waals surface area contributed by atoms with Gasteiger partial charge in [-0.15, -0.1) is 11.6 Å². The lowest BCUT2D eigenvalue weighted by Gasteiger charge is -2.04. The highest BCUT2D eigenvalue weighted by atomic mass is 35.5. The number of aromatic nitrogens is 2. The zero-order valence-corrected chi connectivity index (χ0v) is 8.97. The second-order valence-corrected chi connectivity index (χ2v) is 3.01. The van der Waals surface area contributed by atoms with E-state index in [0.717, 1.165) is 10.9 Å². The van der Waals surface area contributed by atoms with Gasteiger partial charge in [0.1, 0.15) is 11.6 Å². The minimum Gasteiger partial charge on any atom is -0.462 e. The highest BCUT2D eigenvalue weighted by molar-refractivity contribution is 6.15. The summed E-state index contributed by atoms with van der Waals surface area (Å²) in [6, 6.07) is -0.275. The van der Waals surface area contributed by atoms with Crippen LogP contribution in [0.1, 0.15) is 23.0 Å². The molecule has 0 N–H and O–H groups in total. The second kappa shape index (κ2) is 4.73.